The number of amides is 2. The lowest BCUT2D eigenvalue weighted by molar-refractivity contribution is -0.137. The van der Waals surface area contributed by atoms with Crippen LogP contribution in [0.4, 0.5) is 23.7 Å². The number of halogens is 3. The van der Waals surface area contributed by atoms with Gasteiger partial charge in [0.15, 0.2) is 0 Å². The van der Waals surface area contributed by atoms with Crippen molar-refractivity contribution in [3.63, 3.8) is 0 Å². The fourth-order valence-electron chi connectivity index (χ4n) is 1.49. The molecule has 0 aliphatic carbocycles. The first-order chi connectivity index (χ1) is 9.79. The van der Waals surface area contributed by atoms with E-state index in [0.717, 1.165) is 12.1 Å². The van der Waals surface area contributed by atoms with Crippen LogP contribution in [0.25, 0.3) is 0 Å². The van der Waals surface area contributed by atoms with Crippen LogP contribution in [0.3, 0.4) is 0 Å². The summed E-state index contributed by atoms with van der Waals surface area (Å²) in [7, 11) is 0. The van der Waals surface area contributed by atoms with Crippen LogP contribution in [-0.4, -0.2) is 36.9 Å². The number of benzene rings is 1. The van der Waals surface area contributed by atoms with Crippen LogP contribution < -0.4 is 16.0 Å². The van der Waals surface area contributed by atoms with E-state index in [1.807, 2.05) is 0 Å². The lowest BCUT2D eigenvalue weighted by Crippen LogP contribution is -2.36. The third kappa shape index (κ3) is 6.96. The summed E-state index contributed by atoms with van der Waals surface area (Å²) in [5.41, 5.74) is -0.492. The predicted octanol–water partition coefficient (Wildman–Crippen LogP) is 1.80. The maximum Gasteiger partial charge on any atom is 0.416 e. The van der Waals surface area contributed by atoms with Gasteiger partial charge in [-0.2, -0.15) is 13.2 Å². The maximum absolute atomic E-state index is 12.4. The van der Waals surface area contributed by atoms with E-state index >= 15 is 0 Å². The van der Waals surface area contributed by atoms with Gasteiger partial charge in [-0.1, -0.05) is 0 Å². The van der Waals surface area contributed by atoms with Crippen molar-refractivity contribution >= 4 is 11.7 Å². The van der Waals surface area contributed by atoms with E-state index in [0.29, 0.717) is 19.6 Å². The van der Waals surface area contributed by atoms with E-state index < -0.39 is 23.9 Å². The smallest absolute Gasteiger partial charge is 0.392 e. The summed E-state index contributed by atoms with van der Waals surface area (Å²) in [4.78, 5) is 11.5. The first-order valence-corrected chi connectivity index (χ1v) is 6.40. The minimum absolute atomic E-state index is 0.275. The number of hydrogen-bond acceptors (Lipinski definition) is 3. The number of aliphatic hydroxyl groups is 1. The zero-order valence-corrected chi connectivity index (χ0v) is 11.5. The standard InChI is InChI=1S/C13H18F3N3O2/c1-9(20)8-17-6-7-18-12(21)19-11-4-2-10(3-5-11)13(14,15)16/h2-5,9,17,20H,6-8H2,1H3,(H2,18,19,21). The molecule has 1 atom stereocenters. The zero-order valence-electron chi connectivity index (χ0n) is 11.5. The van der Waals surface area contributed by atoms with Gasteiger partial charge in [-0.25, -0.2) is 4.79 Å². The van der Waals surface area contributed by atoms with Crippen molar-refractivity contribution in [3.8, 4) is 0 Å². The lowest BCUT2D eigenvalue weighted by Gasteiger charge is -2.10. The average molecular weight is 305 g/mol. The van der Waals surface area contributed by atoms with Crippen molar-refractivity contribution in [1.29, 1.82) is 0 Å². The summed E-state index contributed by atoms with van der Waals surface area (Å²) < 4.78 is 37.1. The highest BCUT2D eigenvalue weighted by molar-refractivity contribution is 5.89. The predicted molar refractivity (Wildman–Crippen MR) is 73.0 cm³/mol. The van der Waals surface area contributed by atoms with Gasteiger partial charge in [0.05, 0.1) is 11.7 Å². The molecule has 0 aliphatic heterocycles. The van der Waals surface area contributed by atoms with E-state index in [1.54, 1.807) is 6.92 Å². The molecule has 1 aromatic carbocycles. The molecule has 0 aromatic heterocycles. The monoisotopic (exact) mass is 305 g/mol. The van der Waals surface area contributed by atoms with Crippen LogP contribution in [0, 0.1) is 0 Å². The van der Waals surface area contributed by atoms with Crippen LogP contribution in [0.2, 0.25) is 0 Å². The van der Waals surface area contributed by atoms with E-state index in [9.17, 15) is 18.0 Å². The Labute approximate surface area is 120 Å². The van der Waals surface area contributed by atoms with Crippen LogP contribution >= 0.6 is 0 Å². The van der Waals surface area contributed by atoms with Crippen LogP contribution in [-0.2, 0) is 6.18 Å². The van der Waals surface area contributed by atoms with Gasteiger partial charge >= 0.3 is 12.2 Å². The molecule has 0 radical (unpaired) electrons. The summed E-state index contributed by atoms with van der Waals surface area (Å²) in [6.45, 7) is 2.87. The molecule has 0 saturated carbocycles. The van der Waals surface area contributed by atoms with Crippen molar-refractivity contribution in [2.24, 2.45) is 0 Å². The average Bonchev–Trinajstić information content (AvgIpc) is 2.37. The number of nitrogens with one attached hydrogen (secondary N) is 3. The maximum atomic E-state index is 12.4. The fourth-order valence-corrected chi connectivity index (χ4v) is 1.49. The summed E-state index contributed by atoms with van der Waals surface area (Å²) >= 11 is 0. The van der Waals surface area contributed by atoms with Crippen molar-refractivity contribution in [2.75, 3.05) is 25.0 Å². The van der Waals surface area contributed by atoms with E-state index in [-0.39, 0.29) is 5.69 Å². The number of carbonyl (C=O) groups is 1. The van der Waals surface area contributed by atoms with Crippen LogP contribution in [0.15, 0.2) is 24.3 Å². The molecule has 1 rings (SSSR count). The van der Waals surface area contributed by atoms with E-state index in [4.69, 9.17) is 5.11 Å². The Bertz CT molecular complexity index is 447. The Balaban J connectivity index is 2.31. The molecule has 8 heteroatoms. The van der Waals surface area contributed by atoms with Gasteiger partial charge in [-0.05, 0) is 31.2 Å². The molecule has 1 unspecified atom stereocenters. The Morgan fingerprint density at radius 1 is 1.24 bits per heavy atom. The van der Waals surface area contributed by atoms with Gasteiger partial charge in [0.2, 0.25) is 0 Å². The molecule has 5 nitrogen and oxygen atoms in total. The minimum atomic E-state index is -4.39. The molecule has 1 aromatic rings. The number of aliphatic hydroxyl groups excluding tert-OH is 1. The van der Waals surface area contributed by atoms with Gasteiger partial charge in [0, 0.05) is 25.3 Å². The summed E-state index contributed by atoms with van der Waals surface area (Å²) in [5.74, 6) is 0. The van der Waals surface area contributed by atoms with Crippen LogP contribution in [0.5, 0.6) is 0 Å². The third-order valence-electron chi connectivity index (χ3n) is 2.50. The Hall–Kier alpha value is -1.80. The molecule has 118 valence electrons. The van der Waals surface area contributed by atoms with Crippen molar-refractivity contribution < 1.29 is 23.1 Å². The number of carbonyl (C=O) groups excluding carboxylic acids is 1. The molecule has 0 aliphatic rings. The second kappa shape index (κ2) is 7.84. The Morgan fingerprint density at radius 2 is 1.86 bits per heavy atom. The molecule has 21 heavy (non-hydrogen) atoms. The van der Waals surface area contributed by atoms with Gasteiger partial charge < -0.3 is 21.1 Å². The summed E-state index contributed by atoms with van der Waals surface area (Å²) in [5, 5.41) is 16.9. The largest absolute Gasteiger partial charge is 0.416 e. The van der Waals surface area contributed by atoms with Crippen molar-refractivity contribution in [2.45, 2.75) is 19.2 Å². The number of rotatable bonds is 6. The molecule has 0 heterocycles. The molecule has 0 fully saturated rings. The number of urea groups is 1. The van der Waals surface area contributed by atoms with Gasteiger partial charge in [-0.15, -0.1) is 0 Å². The highest BCUT2D eigenvalue weighted by Gasteiger charge is 2.29. The summed E-state index contributed by atoms with van der Waals surface area (Å²) in [6.07, 6.45) is -4.86. The highest BCUT2D eigenvalue weighted by atomic mass is 19.4. The second-order valence-corrected chi connectivity index (χ2v) is 4.51. The number of alkyl halides is 3. The molecular weight excluding hydrogens is 287 g/mol. The summed E-state index contributed by atoms with van der Waals surface area (Å²) in [6, 6.07) is 3.68. The quantitative estimate of drug-likeness (QED) is 0.606. The zero-order chi connectivity index (χ0) is 15.9. The van der Waals surface area contributed by atoms with Gasteiger partial charge in [0.1, 0.15) is 0 Å². The van der Waals surface area contributed by atoms with Gasteiger partial charge in [-0.3, -0.25) is 0 Å². The molecule has 0 saturated heterocycles. The third-order valence-corrected chi connectivity index (χ3v) is 2.50. The SMILES string of the molecule is CC(O)CNCCNC(=O)Nc1ccc(C(F)(F)F)cc1. The number of anilines is 1. The van der Waals surface area contributed by atoms with Crippen molar-refractivity contribution in [1.82, 2.24) is 10.6 Å². The Kier molecular flexibility index (Phi) is 6.44. The second-order valence-electron chi connectivity index (χ2n) is 4.51. The fraction of sp³-hybridized carbons (Fsp3) is 0.462. The minimum Gasteiger partial charge on any atom is -0.392 e. The van der Waals surface area contributed by atoms with Crippen molar-refractivity contribution in [3.05, 3.63) is 29.8 Å². The van der Waals surface area contributed by atoms with Gasteiger partial charge in [0.25, 0.3) is 0 Å². The lowest BCUT2D eigenvalue weighted by atomic mass is 10.2. The first kappa shape index (κ1) is 17.3. The van der Waals surface area contributed by atoms with E-state index in [2.05, 4.69) is 16.0 Å². The number of hydrogen-bond donors (Lipinski definition) is 4. The molecular formula is C13H18F3N3O2. The first-order valence-electron chi connectivity index (χ1n) is 6.40. The molecule has 4 N–H and O–H groups in total. The van der Waals surface area contributed by atoms with E-state index in [1.165, 1.54) is 12.1 Å². The topological polar surface area (TPSA) is 73.4 Å². The van der Waals surface area contributed by atoms with Crippen LogP contribution in [0.1, 0.15) is 12.5 Å². The normalized spacial score (nSPS) is 12.8. The highest BCUT2D eigenvalue weighted by Crippen LogP contribution is 2.29. The molecule has 2 amide bonds. The Morgan fingerprint density at radius 3 is 2.38 bits per heavy atom. The molecule has 0 bridgehead atoms. The molecule has 0 spiro atoms.